The number of carbonyl (C=O) groups excluding carboxylic acids is 3. The van der Waals surface area contributed by atoms with Crippen LogP contribution in [-0.2, 0) is 28.3 Å². The highest BCUT2D eigenvalue weighted by atomic mass is 32.2. The molecular weight excluding hydrogens is 540 g/mol. The fourth-order valence-electron chi connectivity index (χ4n) is 4.83. The average molecular weight is 591 g/mol. The summed E-state index contributed by atoms with van der Waals surface area (Å²) in [5.41, 5.74) is 0. The van der Waals surface area contributed by atoms with Gasteiger partial charge in [0.05, 0.1) is 19.3 Å². The van der Waals surface area contributed by atoms with Crippen LogP contribution in [-0.4, -0.2) is 50.6 Å². The van der Waals surface area contributed by atoms with Crippen LogP contribution < -0.4 is 0 Å². The van der Waals surface area contributed by atoms with Crippen LogP contribution in [0.15, 0.2) is 47.4 Å². The molecule has 8 heteroatoms. The molecule has 2 rings (SSSR count). The number of carbonyl (C=O) groups is 3. The molecule has 0 aromatic heterocycles. The van der Waals surface area contributed by atoms with Crippen molar-refractivity contribution in [1.29, 1.82) is 0 Å². The van der Waals surface area contributed by atoms with E-state index in [1.807, 2.05) is 25.1 Å². The molecular formula is C32H50O6SSi. The highest BCUT2D eigenvalue weighted by molar-refractivity contribution is 8.00. The molecule has 0 heterocycles. The molecule has 1 aliphatic rings. The van der Waals surface area contributed by atoms with Gasteiger partial charge in [0, 0.05) is 41.2 Å². The number of hydrogen-bond acceptors (Lipinski definition) is 7. The molecule has 0 N–H and O–H groups in total. The number of hydrogen-bond donors (Lipinski definition) is 0. The minimum absolute atomic E-state index is 0.000806. The zero-order valence-electron chi connectivity index (χ0n) is 25.6. The van der Waals surface area contributed by atoms with Crippen LogP contribution in [0.25, 0.3) is 0 Å². The Hall–Kier alpha value is -1.90. The van der Waals surface area contributed by atoms with Crippen LogP contribution in [0.3, 0.4) is 0 Å². The van der Waals surface area contributed by atoms with E-state index >= 15 is 0 Å². The van der Waals surface area contributed by atoms with Crippen LogP contribution in [0.2, 0.25) is 18.1 Å². The van der Waals surface area contributed by atoms with Crippen molar-refractivity contribution in [2.75, 3.05) is 13.2 Å². The Kier molecular flexibility index (Phi) is 14.2. The van der Waals surface area contributed by atoms with E-state index in [1.54, 1.807) is 18.7 Å². The van der Waals surface area contributed by atoms with Crippen LogP contribution in [0, 0.1) is 11.8 Å². The summed E-state index contributed by atoms with van der Waals surface area (Å²) in [5, 5.41) is 0.0151. The summed E-state index contributed by atoms with van der Waals surface area (Å²) in [6.07, 6.45) is 8.22. The molecule has 6 nitrogen and oxygen atoms in total. The Morgan fingerprint density at radius 3 is 2.25 bits per heavy atom. The molecule has 0 spiro atoms. The van der Waals surface area contributed by atoms with Gasteiger partial charge in [-0.2, -0.15) is 0 Å². The van der Waals surface area contributed by atoms with Gasteiger partial charge in [-0.1, -0.05) is 51.1 Å². The van der Waals surface area contributed by atoms with E-state index in [0.717, 1.165) is 24.2 Å². The van der Waals surface area contributed by atoms with Crippen molar-refractivity contribution in [3.63, 3.8) is 0 Å². The van der Waals surface area contributed by atoms with Gasteiger partial charge in [0.2, 0.25) is 0 Å². The third kappa shape index (κ3) is 10.8. The molecule has 0 aliphatic heterocycles. The summed E-state index contributed by atoms with van der Waals surface area (Å²) in [4.78, 5) is 38.6. The Labute approximate surface area is 247 Å². The van der Waals surface area contributed by atoms with Crippen LogP contribution in [0.5, 0.6) is 0 Å². The number of rotatable bonds is 16. The van der Waals surface area contributed by atoms with E-state index in [2.05, 4.69) is 58.2 Å². The number of ether oxygens (including phenoxy) is 2. The molecule has 1 aromatic rings. The maximum absolute atomic E-state index is 13.5. The predicted molar refractivity (Wildman–Crippen MR) is 165 cm³/mol. The normalized spacial score (nSPS) is 20.6. The lowest BCUT2D eigenvalue weighted by Gasteiger charge is -2.41. The molecule has 224 valence electrons. The lowest BCUT2D eigenvalue weighted by molar-refractivity contribution is -0.144. The second kappa shape index (κ2) is 16.5. The fourth-order valence-corrected chi connectivity index (χ4v) is 7.52. The number of Topliss-reactive ketones (excluding diaryl/α,β-unsaturated/α-hetero) is 1. The van der Waals surface area contributed by atoms with Crippen molar-refractivity contribution in [2.45, 2.75) is 114 Å². The third-order valence-electron chi connectivity index (χ3n) is 7.95. The summed E-state index contributed by atoms with van der Waals surface area (Å²) in [7, 11) is -2.15. The van der Waals surface area contributed by atoms with Crippen molar-refractivity contribution in [1.82, 2.24) is 0 Å². The molecule has 1 aliphatic carbocycles. The number of ketones is 1. The predicted octanol–water partition coefficient (Wildman–Crippen LogP) is 7.77. The monoisotopic (exact) mass is 590 g/mol. The van der Waals surface area contributed by atoms with Gasteiger partial charge in [0.25, 0.3) is 0 Å². The number of benzene rings is 1. The third-order valence-corrected chi connectivity index (χ3v) is 13.7. The fraction of sp³-hybridized carbons (Fsp3) is 0.656. The summed E-state index contributed by atoms with van der Waals surface area (Å²) >= 11 is 1.75. The molecule has 1 fully saturated rings. The summed E-state index contributed by atoms with van der Waals surface area (Å²) < 4.78 is 17.2. The standard InChI is InChI=1S/C32H50O6SSi/c1-8-36-29(34)20-16-11-10-15-19-28(39-24-17-13-12-14-18-24)31-25(21-22-30(35)37-9-2)26(33)23-27(31)38-40(6,7)32(3,4)5/h12-15,17-19,25,27-28,31H,8-11,16,20-23H2,1-7H3/b19-15-/t25-,27+,28-,31+/m0/s1. The van der Waals surface area contributed by atoms with E-state index in [0.29, 0.717) is 32.5 Å². The first-order valence-electron chi connectivity index (χ1n) is 14.8. The lowest BCUT2D eigenvalue weighted by Crippen LogP contribution is -2.46. The highest BCUT2D eigenvalue weighted by Gasteiger charge is 2.50. The maximum atomic E-state index is 13.5. The Morgan fingerprint density at radius 1 is 1.02 bits per heavy atom. The summed E-state index contributed by atoms with van der Waals surface area (Å²) in [6, 6.07) is 10.3. The van der Waals surface area contributed by atoms with Gasteiger partial charge in [-0.15, -0.1) is 11.8 Å². The Bertz CT molecular complexity index is 971. The highest BCUT2D eigenvalue weighted by Crippen LogP contribution is 2.47. The van der Waals surface area contributed by atoms with E-state index in [9.17, 15) is 14.4 Å². The number of thioether (sulfide) groups is 1. The van der Waals surface area contributed by atoms with E-state index in [4.69, 9.17) is 13.9 Å². The summed E-state index contributed by atoms with van der Waals surface area (Å²) in [6.45, 7) is 15.5. The molecule has 0 bridgehead atoms. The van der Waals surface area contributed by atoms with Crippen molar-refractivity contribution in [3.05, 3.63) is 42.5 Å². The Balaban J connectivity index is 2.32. The zero-order valence-corrected chi connectivity index (χ0v) is 27.4. The van der Waals surface area contributed by atoms with Crippen molar-refractivity contribution >= 4 is 37.8 Å². The van der Waals surface area contributed by atoms with Gasteiger partial charge in [-0.05, 0) is 69.8 Å². The molecule has 0 saturated heterocycles. The quantitative estimate of drug-likeness (QED) is 0.0640. The number of esters is 2. The molecule has 0 unspecified atom stereocenters. The first-order valence-corrected chi connectivity index (χ1v) is 18.6. The maximum Gasteiger partial charge on any atom is 0.305 e. The van der Waals surface area contributed by atoms with Gasteiger partial charge in [0.15, 0.2) is 8.32 Å². The largest absolute Gasteiger partial charge is 0.466 e. The topological polar surface area (TPSA) is 78.9 Å². The Morgan fingerprint density at radius 2 is 1.65 bits per heavy atom. The second-order valence-electron chi connectivity index (χ2n) is 12.0. The molecule has 4 atom stereocenters. The number of unbranched alkanes of at least 4 members (excludes halogenated alkanes) is 2. The first-order chi connectivity index (χ1) is 18.9. The lowest BCUT2D eigenvalue weighted by atomic mass is 9.87. The number of allylic oxidation sites excluding steroid dienone is 1. The smallest absolute Gasteiger partial charge is 0.305 e. The minimum atomic E-state index is -2.15. The summed E-state index contributed by atoms with van der Waals surface area (Å²) in [5.74, 6) is -0.555. The van der Waals surface area contributed by atoms with E-state index in [1.165, 1.54) is 0 Å². The van der Waals surface area contributed by atoms with Crippen LogP contribution in [0.1, 0.15) is 79.6 Å². The van der Waals surface area contributed by atoms with E-state index < -0.39 is 8.32 Å². The average Bonchev–Trinajstić information content (AvgIpc) is 3.18. The molecule has 0 amide bonds. The van der Waals surface area contributed by atoms with Crippen molar-refractivity contribution in [3.8, 4) is 0 Å². The van der Waals surface area contributed by atoms with Crippen LogP contribution in [0.4, 0.5) is 0 Å². The van der Waals surface area contributed by atoms with Gasteiger partial charge in [0.1, 0.15) is 5.78 Å². The van der Waals surface area contributed by atoms with Gasteiger partial charge in [-0.3, -0.25) is 14.4 Å². The SMILES string of the molecule is CCOC(=O)CCCC/C=C\[C@H](Sc1ccccc1)[C@H]1[C@H](O[Si](C)(C)C(C)(C)C)CC(=O)[C@@H]1CCC(=O)OCC. The molecule has 1 aromatic carbocycles. The van der Waals surface area contributed by atoms with Crippen molar-refractivity contribution in [2.24, 2.45) is 11.8 Å². The van der Waals surface area contributed by atoms with E-state index in [-0.39, 0.29) is 52.4 Å². The van der Waals surface area contributed by atoms with Crippen LogP contribution >= 0.6 is 11.8 Å². The van der Waals surface area contributed by atoms with Gasteiger partial charge in [-0.25, -0.2) is 0 Å². The molecule has 1 saturated carbocycles. The van der Waals surface area contributed by atoms with Gasteiger partial charge < -0.3 is 13.9 Å². The van der Waals surface area contributed by atoms with Gasteiger partial charge >= 0.3 is 11.9 Å². The second-order valence-corrected chi connectivity index (χ2v) is 18.0. The van der Waals surface area contributed by atoms with Crippen molar-refractivity contribution < 1.29 is 28.3 Å². The minimum Gasteiger partial charge on any atom is -0.466 e. The molecule has 40 heavy (non-hydrogen) atoms. The first kappa shape index (κ1) is 34.3. The molecule has 0 radical (unpaired) electrons. The zero-order chi connectivity index (χ0) is 29.8.